The molecule has 0 unspecified atom stereocenters. The molecule has 6 heteroatoms. The Morgan fingerprint density at radius 2 is 1.58 bits per heavy atom. The number of nitrogens with zero attached hydrogens (tertiary/aromatic N) is 2. The number of carbonyl (C=O) groups excluding carboxylic acids is 2. The zero-order chi connectivity index (χ0) is 18.4. The molecule has 0 saturated carbocycles. The smallest absolute Gasteiger partial charge is 0.231 e. The van der Waals surface area contributed by atoms with E-state index in [4.69, 9.17) is 5.73 Å². The molecular weight excluding hydrogens is 328 g/mol. The summed E-state index contributed by atoms with van der Waals surface area (Å²) in [6, 6.07) is 10.8. The molecule has 0 spiro atoms. The molecule has 1 aromatic rings. The largest absolute Gasteiger partial charge is 0.369 e. The van der Waals surface area contributed by atoms with E-state index in [1.54, 1.807) is 0 Å². The average Bonchev–Trinajstić information content (AvgIpc) is 2.64. The predicted molar refractivity (Wildman–Crippen MR) is 101 cm³/mol. The van der Waals surface area contributed by atoms with E-state index < -0.39 is 0 Å². The van der Waals surface area contributed by atoms with Gasteiger partial charge >= 0.3 is 0 Å². The van der Waals surface area contributed by atoms with Gasteiger partial charge in [-0.1, -0.05) is 30.3 Å². The zero-order valence-electron chi connectivity index (χ0n) is 15.4. The maximum absolute atomic E-state index is 12.5. The quantitative estimate of drug-likeness (QED) is 0.794. The minimum atomic E-state index is -0.296. The number of amides is 2. The van der Waals surface area contributed by atoms with Gasteiger partial charge in [-0.2, -0.15) is 0 Å². The SMILES string of the molecule is NC(=O)CN1CCC(C(=O)NC2CCN(Cc3ccccc3)CC2)CC1. The zero-order valence-corrected chi connectivity index (χ0v) is 15.4. The van der Waals surface area contributed by atoms with E-state index in [2.05, 4.69) is 34.5 Å². The van der Waals surface area contributed by atoms with Gasteiger partial charge in [-0.3, -0.25) is 19.4 Å². The van der Waals surface area contributed by atoms with E-state index in [1.807, 2.05) is 11.0 Å². The average molecular weight is 358 g/mol. The molecule has 3 N–H and O–H groups in total. The van der Waals surface area contributed by atoms with Gasteiger partial charge in [-0.05, 0) is 44.3 Å². The van der Waals surface area contributed by atoms with Crippen LogP contribution in [0.2, 0.25) is 0 Å². The lowest BCUT2D eigenvalue weighted by molar-refractivity contribution is -0.127. The number of hydrogen-bond acceptors (Lipinski definition) is 4. The molecule has 1 aromatic carbocycles. The summed E-state index contributed by atoms with van der Waals surface area (Å²) in [7, 11) is 0. The fourth-order valence-electron chi connectivity index (χ4n) is 3.97. The molecule has 2 aliphatic heterocycles. The Morgan fingerprint density at radius 3 is 2.19 bits per heavy atom. The standard InChI is InChI=1S/C20H30N4O2/c21-19(25)15-24-10-6-17(7-11-24)20(26)22-18-8-12-23(13-9-18)14-16-4-2-1-3-5-16/h1-5,17-18H,6-15H2,(H2,21,25)(H,22,26). The Balaban J connectivity index is 1.36. The molecule has 2 amide bonds. The third kappa shape index (κ3) is 5.54. The van der Waals surface area contributed by atoms with Gasteiger partial charge in [0.2, 0.25) is 11.8 Å². The summed E-state index contributed by atoms with van der Waals surface area (Å²) in [5.74, 6) is -0.0399. The highest BCUT2D eigenvalue weighted by molar-refractivity contribution is 5.79. The number of nitrogens with two attached hydrogens (primary N) is 1. The van der Waals surface area contributed by atoms with Crippen molar-refractivity contribution in [1.29, 1.82) is 0 Å². The molecule has 0 atom stereocenters. The van der Waals surface area contributed by atoms with Gasteiger partial charge in [-0.15, -0.1) is 0 Å². The van der Waals surface area contributed by atoms with Gasteiger partial charge in [0.25, 0.3) is 0 Å². The third-order valence-corrected chi connectivity index (χ3v) is 5.52. The number of primary amides is 1. The lowest BCUT2D eigenvalue weighted by atomic mass is 9.94. The first kappa shape index (κ1) is 18.9. The van der Waals surface area contributed by atoms with Crippen molar-refractivity contribution < 1.29 is 9.59 Å². The topological polar surface area (TPSA) is 78.7 Å². The monoisotopic (exact) mass is 358 g/mol. The summed E-state index contributed by atoms with van der Waals surface area (Å²) < 4.78 is 0. The third-order valence-electron chi connectivity index (χ3n) is 5.52. The van der Waals surface area contributed by atoms with Crippen molar-refractivity contribution >= 4 is 11.8 Å². The van der Waals surface area contributed by atoms with Crippen molar-refractivity contribution in [1.82, 2.24) is 15.1 Å². The molecular formula is C20H30N4O2. The Labute approximate surface area is 155 Å². The molecule has 26 heavy (non-hydrogen) atoms. The van der Waals surface area contributed by atoms with E-state index in [9.17, 15) is 9.59 Å². The maximum atomic E-state index is 12.5. The van der Waals surface area contributed by atoms with Crippen LogP contribution >= 0.6 is 0 Å². The minimum absolute atomic E-state index is 0.0708. The van der Waals surface area contributed by atoms with E-state index in [1.165, 1.54) is 5.56 Å². The van der Waals surface area contributed by atoms with Crippen molar-refractivity contribution in [2.45, 2.75) is 38.3 Å². The van der Waals surface area contributed by atoms with Gasteiger partial charge in [0.1, 0.15) is 0 Å². The summed E-state index contributed by atoms with van der Waals surface area (Å²) in [4.78, 5) is 28.0. The van der Waals surface area contributed by atoms with Crippen molar-refractivity contribution in [3.63, 3.8) is 0 Å². The van der Waals surface area contributed by atoms with Crippen LogP contribution in [0.25, 0.3) is 0 Å². The van der Waals surface area contributed by atoms with Gasteiger partial charge < -0.3 is 11.1 Å². The lowest BCUT2D eigenvalue weighted by Crippen LogP contribution is -2.48. The van der Waals surface area contributed by atoms with Crippen LogP contribution in [-0.2, 0) is 16.1 Å². The lowest BCUT2D eigenvalue weighted by Gasteiger charge is -2.34. The Morgan fingerprint density at radius 1 is 0.962 bits per heavy atom. The summed E-state index contributed by atoms with van der Waals surface area (Å²) >= 11 is 0. The summed E-state index contributed by atoms with van der Waals surface area (Å²) in [6.45, 7) is 4.88. The van der Waals surface area contributed by atoms with Crippen LogP contribution in [0.1, 0.15) is 31.2 Å². The fraction of sp³-hybridized carbons (Fsp3) is 0.600. The summed E-state index contributed by atoms with van der Waals surface area (Å²) in [6.07, 6.45) is 3.65. The number of nitrogens with one attached hydrogen (secondary N) is 1. The highest BCUT2D eigenvalue weighted by atomic mass is 16.2. The second-order valence-electron chi connectivity index (χ2n) is 7.56. The first-order chi connectivity index (χ1) is 12.6. The van der Waals surface area contributed by atoms with Crippen molar-refractivity contribution in [3.8, 4) is 0 Å². The molecule has 2 fully saturated rings. The number of piperidine rings is 2. The summed E-state index contributed by atoms with van der Waals surface area (Å²) in [5, 5.41) is 3.25. The Hall–Kier alpha value is -1.92. The first-order valence-electron chi connectivity index (χ1n) is 9.67. The molecule has 2 saturated heterocycles. The van der Waals surface area contributed by atoms with Crippen LogP contribution in [-0.4, -0.2) is 60.4 Å². The molecule has 142 valence electrons. The predicted octanol–water partition coefficient (Wildman–Crippen LogP) is 0.965. The fourth-order valence-corrected chi connectivity index (χ4v) is 3.97. The molecule has 0 radical (unpaired) electrons. The number of carbonyl (C=O) groups is 2. The molecule has 0 aliphatic carbocycles. The Kier molecular flexibility index (Phi) is 6.63. The van der Waals surface area contributed by atoms with Crippen molar-refractivity contribution in [2.24, 2.45) is 11.7 Å². The van der Waals surface area contributed by atoms with E-state index in [-0.39, 0.29) is 23.8 Å². The molecule has 0 bridgehead atoms. The normalized spacial score (nSPS) is 20.8. The molecule has 3 rings (SSSR count). The van der Waals surface area contributed by atoms with Gasteiger partial charge in [0.15, 0.2) is 0 Å². The molecule has 2 aliphatic rings. The van der Waals surface area contributed by atoms with E-state index in [0.717, 1.165) is 58.4 Å². The van der Waals surface area contributed by atoms with E-state index in [0.29, 0.717) is 6.54 Å². The van der Waals surface area contributed by atoms with Crippen LogP contribution in [0.4, 0.5) is 0 Å². The Bertz CT molecular complexity index is 591. The number of rotatable bonds is 6. The van der Waals surface area contributed by atoms with Crippen LogP contribution in [0, 0.1) is 5.92 Å². The second kappa shape index (κ2) is 9.14. The van der Waals surface area contributed by atoms with Gasteiger partial charge in [0, 0.05) is 31.6 Å². The molecule has 0 aromatic heterocycles. The van der Waals surface area contributed by atoms with Crippen molar-refractivity contribution in [2.75, 3.05) is 32.7 Å². The highest BCUT2D eigenvalue weighted by Gasteiger charge is 2.28. The second-order valence-corrected chi connectivity index (χ2v) is 7.56. The number of benzene rings is 1. The van der Waals surface area contributed by atoms with Gasteiger partial charge in [-0.25, -0.2) is 0 Å². The van der Waals surface area contributed by atoms with Crippen LogP contribution in [0.15, 0.2) is 30.3 Å². The number of hydrogen-bond donors (Lipinski definition) is 2. The van der Waals surface area contributed by atoms with Crippen LogP contribution in [0.5, 0.6) is 0 Å². The molecule has 2 heterocycles. The summed E-state index contributed by atoms with van der Waals surface area (Å²) in [5.41, 5.74) is 6.58. The minimum Gasteiger partial charge on any atom is -0.369 e. The van der Waals surface area contributed by atoms with Crippen LogP contribution < -0.4 is 11.1 Å². The van der Waals surface area contributed by atoms with Crippen LogP contribution in [0.3, 0.4) is 0 Å². The van der Waals surface area contributed by atoms with E-state index >= 15 is 0 Å². The number of likely N-dealkylation sites (tertiary alicyclic amines) is 2. The van der Waals surface area contributed by atoms with Gasteiger partial charge in [0.05, 0.1) is 6.54 Å². The van der Waals surface area contributed by atoms with Crippen molar-refractivity contribution in [3.05, 3.63) is 35.9 Å². The maximum Gasteiger partial charge on any atom is 0.231 e. The highest BCUT2D eigenvalue weighted by Crippen LogP contribution is 2.19. The first-order valence-corrected chi connectivity index (χ1v) is 9.67. The molecule has 6 nitrogen and oxygen atoms in total.